The Balaban J connectivity index is 1.60. The molecule has 0 aromatic carbocycles. The number of esters is 1. The second kappa shape index (κ2) is 9.07. The Morgan fingerprint density at radius 3 is 2.69 bits per heavy atom. The van der Waals surface area contributed by atoms with Gasteiger partial charge in [0.15, 0.2) is 5.82 Å². The molecule has 2 saturated heterocycles. The van der Waals surface area contributed by atoms with E-state index in [-0.39, 0.29) is 30.9 Å². The van der Waals surface area contributed by atoms with Gasteiger partial charge in [0.05, 0.1) is 19.6 Å². The number of amides is 1. The molecule has 1 aromatic heterocycles. The molecule has 3 rings (SSSR count). The lowest BCUT2D eigenvalue weighted by Gasteiger charge is -2.35. The smallest absolute Gasteiger partial charge is 0.307 e. The molecule has 26 heavy (non-hydrogen) atoms. The van der Waals surface area contributed by atoms with Crippen LogP contribution in [-0.4, -0.2) is 74.2 Å². The maximum absolute atomic E-state index is 12.8. The van der Waals surface area contributed by atoms with Crippen LogP contribution in [0.5, 0.6) is 0 Å². The Labute approximate surface area is 153 Å². The zero-order valence-electron chi connectivity index (χ0n) is 15.5. The molecule has 0 unspecified atom stereocenters. The number of rotatable bonds is 7. The molecule has 9 heteroatoms. The van der Waals surface area contributed by atoms with E-state index in [0.717, 1.165) is 38.2 Å². The Morgan fingerprint density at radius 1 is 1.15 bits per heavy atom. The third kappa shape index (κ3) is 4.78. The quantitative estimate of drug-likeness (QED) is 0.654. The summed E-state index contributed by atoms with van der Waals surface area (Å²) >= 11 is 0. The molecule has 2 aliphatic rings. The van der Waals surface area contributed by atoms with Crippen molar-refractivity contribution in [1.82, 2.24) is 30.0 Å². The number of carbonyl (C=O) groups excluding carboxylic acids is 2. The number of ether oxygens (including phenoxy) is 1. The van der Waals surface area contributed by atoms with Crippen LogP contribution >= 0.6 is 0 Å². The van der Waals surface area contributed by atoms with E-state index in [2.05, 4.69) is 20.4 Å². The van der Waals surface area contributed by atoms with Crippen LogP contribution in [0.4, 0.5) is 0 Å². The summed E-state index contributed by atoms with van der Waals surface area (Å²) in [7, 11) is 0. The lowest BCUT2D eigenvalue weighted by atomic mass is 9.99. The third-order valence-electron chi connectivity index (χ3n) is 5.11. The second-order valence-corrected chi connectivity index (χ2v) is 6.98. The summed E-state index contributed by atoms with van der Waals surface area (Å²) < 4.78 is 6.65. The van der Waals surface area contributed by atoms with Crippen molar-refractivity contribution in [2.75, 3.05) is 26.2 Å². The van der Waals surface area contributed by atoms with Crippen molar-refractivity contribution >= 4 is 11.9 Å². The SMILES string of the molecule is CCOC(=O)C[C@H]1CCCCN1C(=O)Cn1nnnc1CN1CCCC1. The predicted molar refractivity (Wildman–Crippen MR) is 92.9 cm³/mol. The average Bonchev–Trinajstić information content (AvgIpc) is 3.28. The number of piperidine rings is 1. The maximum Gasteiger partial charge on any atom is 0.307 e. The lowest BCUT2D eigenvalue weighted by Crippen LogP contribution is -2.46. The minimum absolute atomic E-state index is 0.0334. The van der Waals surface area contributed by atoms with Crippen molar-refractivity contribution in [3.8, 4) is 0 Å². The standard InChI is InChI=1S/C17H28N6O3/c1-2-26-17(25)11-14-7-3-4-10-22(14)16(24)13-23-15(18-19-20-23)12-21-8-5-6-9-21/h14H,2-13H2,1H3/t14-/m1/s1. The van der Waals surface area contributed by atoms with Crippen LogP contribution < -0.4 is 0 Å². The fourth-order valence-corrected chi connectivity index (χ4v) is 3.77. The molecule has 0 radical (unpaired) electrons. The van der Waals surface area contributed by atoms with E-state index in [9.17, 15) is 9.59 Å². The van der Waals surface area contributed by atoms with E-state index in [0.29, 0.717) is 19.7 Å². The molecule has 0 saturated carbocycles. The monoisotopic (exact) mass is 364 g/mol. The highest BCUT2D eigenvalue weighted by Gasteiger charge is 2.29. The van der Waals surface area contributed by atoms with Crippen LogP contribution in [0, 0.1) is 0 Å². The Kier molecular flexibility index (Phi) is 6.54. The molecule has 144 valence electrons. The van der Waals surface area contributed by atoms with Gasteiger partial charge in [0.2, 0.25) is 5.91 Å². The molecular weight excluding hydrogens is 336 g/mol. The minimum Gasteiger partial charge on any atom is -0.466 e. The molecule has 2 aliphatic heterocycles. The first-order valence-electron chi connectivity index (χ1n) is 9.60. The average molecular weight is 364 g/mol. The number of hydrogen-bond donors (Lipinski definition) is 0. The van der Waals surface area contributed by atoms with Crippen molar-refractivity contribution in [3.05, 3.63) is 5.82 Å². The zero-order valence-corrected chi connectivity index (χ0v) is 15.5. The Hall–Kier alpha value is -2.03. The largest absolute Gasteiger partial charge is 0.466 e. The minimum atomic E-state index is -0.241. The first-order valence-corrected chi connectivity index (χ1v) is 9.60. The predicted octanol–water partition coefficient (Wildman–Crippen LogP) is 0.603. The molecule has 1 amide bonds. The number of nitrogens with zero attached hydrogens (tertiary/aromatic N) is 6. The van der Waals surface area contributed by atoms with E-state index >= 15 is 0 Å². The summed E-state index contributed by atoms with van der Waals surface area (Å²) in [4.78, 5) is 28.8. The van der Waals surface area contributed by atoms with Gasteiger partial charge < -0.3 is 9.64 Å². The zero-order chi connectivity index (χ0) is 18.4. The van der Waals surface area contributed by atoms with Gasteiger partial charge in [-0.2, -0.15) is 0 Å². The summed E-state index contributed by atoms with van der Waals surface area (Å²) in [5, 5.41) is 11.8. The van der Waals surface area contributed by atoms with Gasteiger partial charge in [-0.15, -0.1) is 5.10 Å². The topological polar surface area (TPSA) is 93.5 Å². The number of hydrogen-bond acceptors (Lipinski definition) is 7. The van der Waals surface area contributed by atoms with Gasteiger partial charge in [-0.3, -0.25) is 14.5 Å². The fourth-order valence-electron chi connectivity index (χ4n) is 3.77. The van der Waals surface area contributed by atoms with Crippen LogP contribution in [-0.2, 0) is 27.4 Å². The molecule has 2 fully saturated rings. The van der Waals surface area contributed by atoms with E-state index in [1.165, 1.54) is 12.8 Å². The van der Waals surface area contributed by atoms with E-state index in [1.54, 1.807) is 11.6 Å². The molecule has 0 aliphatic carbocycles. The van der Waals surface area contributed by atoms with Crippen LogP contribution in [0.1, 0.15) is 51.3 Å². The lowest BCUT2D eigenvalue weighted by molar-refractivity contribution is -0.146. The molecule has 1 aromatic rings. The molecular formula is C17H28N6O3. The van der Waals surface area contributed by atoms with Crippen LogP contribution in [0.2, 0.25) is 0 Å². The van der Waals surface area contributed by atoms with Crippen molar-refractivity contribution in [1.29, 1.82) is 0 Å². The van der Waals surface area contributed by atoms with Gasteiger partial charge in [-0.05, 0) is 62.5 Å². The first kappa shape index (κ1) is 18.8. The third-order valence-corrected chi connectivity index (χ3v) is 5.11. The second-order valence-electron chi connectivity index (χ2n) is 6.98. The summed E-state index contributed by atoms with van der Waals surface area (Å²) in [5.74, 6) is 0.447. The fraction of sp³-hybridized carbons (Fsp3) is 0.824. The highest BCUT2D eigenvalue weighted by atomic mass is 16.5. The highest BCUT2D eigenvalue weighted by molar-refractivity contribution is 5.78. The van der Waals surface area contributed by atoms with Gasteiger partial charge in [0.25, 0.3) is 0 Å². The van der Waals surface area contributed by atoms with Gasteiger partial charge in [-0.1, -0.05) is 0 Å². The number of tetrazole rings is 1. The molecule has 0 bridgehead atoms. The summed E-state index contributed by atoms with van der Waals surface area (Å²) in [6, 6.07) is -0.0891. The van der Waals surface area contributed by atoms with Gasteiger partial charge in [0.1, 0.15) is 6.54 Å². The van der Waals surface area contributed by atoms with Crippen molar-refractivity contribution in [2.24, 2.45) is 0 Å². The molecule has 9 nitrogen and oxygen atoms in total. The Morgan fingerprint density at radius 2 is 1.92 bits per heavy atom. The van der Waals surface area contributed by atoms with Gasteiger partial charge >= 0.3 is 5.97 Å². The van der Waals surface area contributed by atoms with E-state index in [4.69, 9.17) is 4.74 Å². The number of carbonyl (C=O) groups is 2. The van der Waals surface area contributed by atoms with E-state index < -0.39 is 0 Å². The molecule has 0 N–H and O–H groups in total. The number of likely N-dealkylation sites (tertiary alicyclic amines) is 2. The van der Waals surface area contributed by atoms with Crippen molar-refractivity contribution in [2.45, 2.75) is 64.6 Å². The molecule has 1 atom stereocenters. The molecule has 0 spiro atoms. The van der Waals surface area contributed by atoms with Crippen LogP contribution in [0.25, 0.3) is 0 Å². The molecule has 3 heterocycles. The summed E-state index contributed by atoms with van der Waals surface area (Å²) in [6.45, 7) is 5.73. The Bertz CT molecular complexity index is 613. The summed E-state index contributed by atoms with van der Waals surface area (Å²) in [5.41, 5.74) is 0. The van der Waals surface area contributed by atoms with E-state index in [1.807, 2.05) is 4.90 Å². The summed E-state index contributed by atoms with van der Waals surface area (Å²) in [6.07, 6.45) is 5.48. The van der Waals surface area contributed by atoms with Gasteiger partial charge in [0, 0.05) is 12.6 Å². The maximum atomic E-state index is 12.8. The first-order chi connectivity index (χ1) is 12.7. The van der Waals surface area contributed by atoms with Gasteiger partial charge in [-0.25, -0.2) is 4.68 Å². The highest BCUT2D eigenvalue weighted by Crippen LogP contribution is 2.21. The van der Waals surface area contributed by atoms with Crippen LogP contribution in [0.3, 0.4) is 0 Å². The van der Waals surface area contributed by atoms with Crippen molar-refractivity contribution in [3.63, 3.8) is 0 Å². The normalized spacial score (nSPS) is 21.1. The van der Waals surface area contributed by atoms with Crippen molar-refractivity contribution < 1.29 is 14.3 Å². The van der Waals surface area contributed by atoms with Crippen LogP contribution in [0.15, 0.2) is 0 Å². The number of aromatic nitrogens is 4.